The topological polar surface area (TPSA) is 90.4 Å². The molecule has 0 aliphatic heterocycles. The van der Waals surface area contributed by atoms with Crippen molar-refractivity contribution in [2.75, 3.05) is 0 Å². The van der Waals surface area contributed by atoms with Crippen LogP contribution in [-0.2, 0) is 13.0 Å². The third kappa shape index (κ3) is 3.57. The summed E-state index contributed by atoms with van der Waals surface area (Å²) in [7, 11) is 0. The SMILES string of the molecule is N#Cc1cnc2[nH]cc(Cc3cc(F)c(OCc4nc5ccccc5[nH]4)cc3F)c2c1. The molecule has 152 valence electrons. The van der Waals surface area contributed by atoms with Crippen LogP contribution >= 0.6 is 0 Å². The zero-order valence-corrected chi connectivity index (χ0v) is 16.1. The first-order chi connectivity index (χ1) is 15.1. The van der Waals surface area contributed by atoms with Gasteiger partial charge in [-0.1, -0.05) is 12.1 Å². The molecule has 0 aliphatic carbocycles. The minimum atomic E-state index is -0.664. The average Bonchev–Trinajstić information content (AvgIpc) is 3.38. The molecule has 2 N–H and O–H groups in total. The normalized spacial score (nSPS) is 11.1. The molecular formula is C23H15F2N5O. The highest BCUT2D eigenvalue weighted by Crippen LogP contribution is 2.27. The number of H-pyrrole nitrogens is 2. The van der Waals surface area contributed by atoms with E-state index in [4.69, 9.17) is 10.00 Å². The first kappa shape index (κ1) is 18.8. The van der Waals surface area contributed by atoms with Crippen LogP contribution in [0.3, 0.4) is 0 Å². The van der Waals surface area contributed by atoms with Crippen LogP contribution in [0.15, 0.2) is 54.9 Å². The monoisotopic (exact) mass is 415 g/mol. The fourth-order valence-electron chi connectivity index (χ4n) is 3.51. The Morgan fingerprint density at radius 2 is 1.94 bits per heavy atom. The number of rotatable bonds is 5. The Morgan fingerprint density at radius 3 is 2.77 bits per heavy atom. The summed E-state index contributed by atoms with van der Waals surface area (Å²) in [6.07, 6.45) is 3.28. The van der Waals surface area contributed by atoms with Crippen molar-refractivity contribution in [2.24, 2.45) is 0 Å². The summed E-state index contributed by atoms with van der Waals surface area (Å²) in [4.78, 5) is 14.6. The van der Waals surface area contributed by atoms with E-state index in [9.17, 15) is 8.78 Å². The molecule has 0 atom stereocenters. The zero-order valence-electron chi connectivity index (χ0n) is 16.1. The Balaban J connectivity index is 1.37. The van der Waals surface area contributed by atoms with Crippen molar-refractivity contribution in [3.63, 3.8) is 0 Å². The van der Waals surface area contributed by atoms with E-state index in [1.807, 2.05) is 30.3 Å². The minimum Gasteiger partial charge on any atom is -0.483 e. The minimum absolute atomic E-state index is 0.0184. The van der Waals surface area contributed by atoms with Gasteiger partial charge in [0.25, 0.3) is 0 Å². The third-order valence-corrected chi connectivity index (χ3v) is 5.03. The summed E-state index contributed by atoms with van der Waals surface area (Å²) in [6.45, 7) is -0.0184. The van der Waals surface area contributed by atoms with Crippen LogP contribution in [0.25, 0.3) is 22.1 Å². The van der Waals surface area contributed by atoms with Crippen LogP contribution in [-0.4, -0.2) is 19.9 Å². The van der Waals surface area contributed by atoms with E-state index < -0.39 is 11.6 Å². The summed E-state index contributed by atoms with van der Waals surface area (Å²) in [5.41, 5.74) is 3.49. The van der Waals surface area contributed by atoms with Crippen LogP contribution in [0.4, 0.5) is 8.78 Å². The molecular weight excluding hydrogens is 400 g/mol. The van der Waals surface area contributed by atoms with Gasteiger partial charge in [0, 0.05) is 30.3 Å². The van der Waals surface area contributed by atoms with Crippen molar-refractivity contribution >= 4 is 22.1 Å². The summed E-state index contributed by atoms with van der Waals surface area (Å²) in [5.74, 6) is -0.915. The smallest absolute Gasteiger partial charge is 0.165 e. The number of hydrogen-bond acceptors (Lipinski definition) is 4. The van der Waals surface area contributed by atoms with E-state index in [2.05, 4.69) is 19.9 Å². The van der Waals surface area contributed by atoms with E-state index in [0.717, 1.165) is 23.2 Å². The van der Waals surface area contributed by atoms with Crippen LogP contribution in [0.1, 0.15) is 22.5 Å². The molecule has 0 unspecified atom stereocenters. The zero-order chi connectivity index (χ0) is 21.4. The Labute approximate surface area is 175 Å². The quantitative estimate of drug-likeness (QED) is 0.433. The maximum absolute atomic E-state index is 14.7. The second-order valence-corrected chi connectivity index (χ2v) is 7.09. The van der Waals surface area contributed by atoms with Gasteiger partial charge in [-0.05, 0) is 35.4 Å². The first-order valence-corrected chi connectivity index (χ1v) is 9.51. The van der Waals surface area contributed by atoms with Gasteiger partial charge in [-0.2, -0.15) is 5.26 Å². The van der Waals surface area contributed by atoms with Crippen LogP contribution in [0, 0.1) is 23.0 Å². The Morgan fingerprint density at radius 1 is 1.06 bits per heavy atom. The Hall–Kier alpha value is -4.25. The standard InChI is InChI=1S/C23H15F2N5O/c24-17-8-21(31-12-22-29-19-3-1-2-4-20(19)30-22)18(25)7-14(17)6-15-11-28-23-16(15)5-13(9-26)10-27-23/h1-5,7-8,10-11H,6,12H2,(H,27,28)(H,29,30). The molecule has 0 spiro atoms. The van der Waals surface area contributed by atoms with E-state index in [0.29, 0.717) is 28.0 Å². The van der Waals surface area contributed by atoms with Gasteiger partial charge in [0.15, 0.2) is 11.6 Å². The summed E-state index contributed by atoms with van der Waals surface area (Å²) in [5, 5.41) is 9.77. The number of ether oxygens (including phenoxy) is 1. The fourth-order valence-corrected chi connectivity index (χ4v) is 3.51. The van der Waals surface area contributed by atoms with Crippen molar-refractivity contribution in [1.82, 2.24) is 19.9 Å². The van der Waals surface area contributed by atoms with Gasteiger partial charge in [-0.3, -0.25) is 0 Å². The summed E-state index contributed by atoms with van der Waals surface area (Å²) < 4.78 is 34.8. The number of benzene rings is 2. The largest absolute Gasteiger partial charge is 0.483 e. The maximum atomic E-state index is 14.7. The van der Waals surface area contributed by atoms with Gasteiger partial charge in [0.05, 0.1) is 16.6 Å². The van der Waals surface area contributed by atoms with Crippen molar-refractivity contribution < 1.29 is 13.5 Å². The van der Waals surface area contributed by atoms with E-state index >= 15 is 0 Å². The van der Waals surface area contributed by atoms with Crippen LogP contribution in [0.5, 0.6) is 5.75 Å². The number of nitriles is 1. The average molecular weight is 415 g/mol. The second kappa shape index (κ2) is 7.54. The Kier molecular flexibility index (Phi) is 4.56. The van der Waals surface area contributed by atoms with Gasteiger partial charge < -0.3 is 14.7 Å². The lowest BCUT2D eigenvalue weighted by atomic mass is 10.0. The van der Waals surface area contributed by atoms with Crippen molar-refractivity contribution in [3.05, 3.63) is 89.0 Å². The molecule has 2 aromatic carbocycles. The number of halogens is 2. The molecule has 0 fully saturated rings. The van der Waals surface area contributed by atoms with Gasteiger partial charge in [-0.15, -0.1) is 0 Å². The van der Waals surface area contributed by atoms with Crippen molar-refractivity contribution in [2.45, 2.75) is 13.0 Å². The van der Waals surface area contributed by atoms with Gasteiger partial charge in [-0.25, -0.2) is 18.7 Å². The molecule has 0 radical (unpaired) electrons. The number of aromatic nitrogens is 4. The van der Waals surface area contributed by atoms with Crippen molar-refractivity contribution in [1.29, 1.82) is 5.26 Å². The molecule has 0 aliphatic rings. The fraction of sp³-hybridized carbons (Fsp3) is 0.0870. The molecule has 31 heavy (non-hydrogen) atoms. The highest BCUT2D eigenvalue weighted by molar-refractivity contribution is 5.81. The number of para-hydroxylation sites is 2. The molecule has 6 nitrogen and oxygen atoms in total. The van der Waals surface area contributed by atoms with Gasteiger partial charge in [0.1, 0.15) is 30.0 Å². The third-order valence-electron chi connectivity index (χ3n) is 5.03. The summed E-state index contributed by atoms with van der Waals surface area (Å²) in [6, 6.07) is 13.3. The van der Waals surface area contributed by atoms with Gasteiger partial charge in [0.2, 0.25) is 0 Å². The predicted octanol–water partition coefficient (Wildman–Crippen LogP) is 4.76. The highest BCUT2D eigenvalue weighted by atomic mass is 19.1. The molecule has 3 aromatic heterocycles. The number of aromatic amines is 2. The number of nitrogens with zero attached hydrogens (tertiary/aromatic N) is 3. The molecule has 5 aromatic rings. The second-order valence-electron chi connectivity index (χ2n) is 7.09. The van der Waals surface area contributed by atoms with Gasteiger partial charge >= 0.3 is 0 Å². The number of fused-ring (bicyclic) bond motifs is 2. The molecule has 0 bridgehead atoms. The lowest BCUT2D eigenvalue weighted by Gasteiger charge is -2.09. The number of hydrogen-bond donors (Lipinski definition) is 2. The molecule has 8 heteroatoms. The van der Waals surface area contributed by atoms with E-state index in [-0.39, 0.29) is 24.3 Å². The molecule has 0 saturated carbocycles. The van der Waals surface area contributed by atoms with Crippen LogP contribution in [0.2, 0.25) is 0 Å². The predicted molar refractivity (Wildman–Crippen MR) is 110 cm³/mol. The van der Waals surface area contributed by atoms with E-state index in [1.54, 1.807) is 12.3 Å². The van der Waals surface area contributed by atoms with Crippen LogP contribution < -0.4 is 4.74 Å². The first-order valence-electron chi connectivity index (χ1n) is 9.51. The van der Waals surface area contributed by atoms with E-state index in [1.165, 1.54) is 6.20 Å². The van der Waals surface area contributed by atoms with Crippen molar-refractivity contribution in [3.8, 4) is 11.8 Å². The highest BCUT2D eigenvalue weighted by Gasteiger charge is 2.15. The number of nitrogens with one attached hydrogen (secondary N) is 2. The molecule has 0 saturated heterocycles. The summed E-state index contributed by atoms with van der Waals surface area (Å²) >= 11 is 0. The molecule has 3 heterocycles. The lowest BCUT2D eigenvalue weighted by molar-refractivity contribution is 0.280. The maximum Gasteiger partial charge on any atom is 0.165 e. The lowest BCUT2D eigenvalue weighted by Crippen LogP contribution is -2.02. The number of imidazole rings is 1. The Bertz CT molecular complexity index is 1430. The molecule has 5 rings (SSSR count). The molecule has 0 amide bonds. The number of pyridine rings is 1.